The van der Waals surface area contributed by atoms with Crippen LogP contribution in [0.2, 0.25) is 23.3 Å². The number of anilines is 2. The maximum atomic E-state index is 6.68. The molecular weight excluding hydrogens is 540 g/mol. The number of rotatable bonds is 7. The van der Waals surface area contributed by atoms with Gasteiger partial charge in [-0.05, 0) is 81.4 Å². The number of aryl methyl sites for hydroxylation is 2. The van der Waals surface area contributed by atoms with Gasteiger partial charge in [-0.3, -0.25) is 0 Å². The lowest BCUT2D eigenvalue weighted by Crippen LogP contribution is -2.45. The number of pyridine rings is 2. The van der Waals surface area contributed by atoms with Crippen molar-refractivity contribution >= 4 is 37.1 Å². The summed E-state index contributed by atoms with van der Waals surface area (Å²) in [7, 11) is -1.78. The third kappa shape index (κ3) is 6.48. The third-order valence-corrected chi connectivity index (χ3v) is 12.8. The quantitative estimate of drug-likeness (QED) is 0.176. The van der Waals surface area contributed by atoms with E-state index in [0.29, 0.717) is 22.9 Å². The van der Waals surface area contributed by atoms with Gasteiger partial charge in [-0.25, -0.2) is 19.5 Å². The maximum Gasteiger partial charge on any atom is 0.192 e. The van der Waals surface area contributed by atoms with E-state index in [-0.39, 0.29) is 11.1 Å². The SMILES string of the molecule is Cc1cc(Nc2cc3cc(-c4cc(Cl)ncc4O[C@H]4CC[C@H](O[Si](C)(C)C(C)(C)C)CC4)ccn3n2)nc(C)n1. The van der Waals surface area contributed by atoms with E-state index < -0.39 is 8.32 Å². The molecular formula is C30H39ClN6O2Si. The van der Waals surface area contributed by atoms with Crippen molar-refractivity contribution in [3.05, 3.63) is 59.4 Å². The van der Waals surface area contributed by atoms with Crippen molar-refractivity contribution < 1.29 is 9.16 Å². The molecule has 4 aromatic heterocycles. The highest BCUT2D eigenvalue weighted by molar-refractivity contribution is 6.74. The number of halogens is 1. The van der Waals surface area contributed by atoms with Gasteiger partial charge in [0.05, 0.1) is 17.8 Å². The van der Waals surface area contributed by atoms with Gasteiger partial charge in [-0.1, -0.05) is 32.4 Å². The van der Waals surface area contributed by atoms with E-state index in [2.05, 4.69) is 65.3 Å². The fourth-order valence-electron chi connectivity index (χ4n) is 4.91. The standard InChI is InChI=1S/C30H39ClN6O2Si/c1-19-14-28(34-20(2)33-19)35-29-16-22-15-21(12-13-37(22)36-29)25-17-27(31)32-18-26(25)38-23-8-10-24(11-9-23)39-40(6,7)30(3,4)5/h12-18,23-24H,8-11H2,1-7H3,(H,33,34,35,36)/t23-,24-. The monoisotopic (exact) mass is 578 g/mol. The molecule has 0 atom stereocenters. The van der Waals surface area contributed by atoms with E-state index in [4.69, 9.17) is 20.8 Å². The largest absolute Gasteiger partial charge is 0.488 e. The first-order valence-corrected chi connectivity index (χ1v) is 17.2. The number of nitrogens with zero attached hydrogens (tertiary/aromatic N) is 5. The first-order valence-electron chi connectivity index (χ1n) is 14.0. The summed E-state index contributed by atoms with van der Waals surface area (Å²) in [6.45, 7) is 15.4. The third-order valence-electron chi connectivity index (χ3n) is 8.01. The zero-order valence-electron chi connectivity index (χ0n) is 24.5. The summed E-state index contributed by atoms with van der Waals surface area (Å²) >= 11 is 6.35. The summed E-state index contributed by atoms with van der Waals surface area (Å²) < 4.78 is 15.1. The minimum Gasteiger partial charge on any atom is -0.488 e. The van der Waals surface area contributed by atoms with Crippen LogP contribution >= 0.6 is 11.6 Å². The number of hydrogen-bond donors (Lipinski definition) is 1. The highest BCUT2D eigenvalue weighted by atomic mass is 35.5. The molecule has 40 heavy (non-hydrogen) atoms. The van der Waals surface area contributed by atoms with Crippen molar-refractivity contribution in [3.63, 3.8) is 0 Å². The van der Waals surface area contributed by atoms with Crippen LogP contribution in [0.5, 0.6) is 5.75 Å². The van der Waals surface area contributed by atoms with Crippen LogP contribution in [0.3, 0.4) is 0 Å². The number of ether oxygens (including phenoxy) is 1. The van der Waals surface area contributed by atoms with Gasteiger partial charge in [-0.2, -0.15) is 5.10 Å². The predicted molar refractivity (Wildman–Crippen MR) is 163 cm³/mol. The number of aromatic nitrogens is 5. The van der Waals surface area contributed by atoms with E-state index in [9.17, 15) is 0 Å². The van der Waals surface area contributed by atoms with Crippen LogP contribution in [0.15, 0.2) is 42.7 Å². The second kappa shape index (κ2) is 11.1. The topological polar surface area (TPSA) is 86.5 Å². The van der Waals surface area contributed by atoms with Gasteiger partial charge in [-0.15, -0.1) is 0 Å². The van der Waals surface area contributed by atoms with E-state index in [1.165, 1.54) is 0 Å². The lowest BCUT2D eigenvalue weighted by Gasteiger charge is -2.41. The van der Waals surface area contributed by atoms with Gasteiger partial charge in [0.25, 0.3) is 0 Å². The Morgan fingerprint density at radius 2 is 1.70 bits per heavy atom. The zero-order valence-corrected chi connectivity index (χ0v) is 26.2. The van der Waals surface area contributed by atoms with E-state index in [0.717, 1.165) is 59.6 Å². The Balaban J connectivity index is 1.31. The lowest BCUT2D eigenvalue weighted by molar-refractivity contribution is 0.0727. The minimum atomic E-state index is -1.78. The molecule has 1 N–H and O–H groups in total. The zero-order chi connectivity index (χ0) is 28.7. The summed E-state index contributed by atoms with van der Waals surface area (Å²) in [5.41, 5.74) is 3.74. The molecule has 1 fully saturated rings. The molecule has 10 heteroatoms. The van der Waals surface area contributed by atoms with Crippen molar-refractivity contribution in [1.29, 1.82) is 0 Å². The number of fused-ring (bicyclic) bond motifs is 1. The normalized spacial score (nSPS) is 18.2. The molecule has 8 nitrogen and oxygen atoms in total. The molecule has 0 unspecified atom stereocenters. The number of nitrogens with one attached hydrogen (secondary N) is 1. The Bertz CT molecular complexity index is 1490. The van der Waals surface area contributed by atoms with E-state index in [1.54, 1.807) is 6.20 Å². The van der Waals surface area contributed by atoms with Gasteiger partial charge >= 0.3 is 0 Å². The summed E-state index contributed by atoms with van der Waals surface area (Å²) in [5, 5.41) is 8.58. The first-order chi connectivity index (χ1) is 18.9. The molecule has 0 radical (unpaired) electrons. The molecule has 0 saturated heterocycles. The van der Waals surface area contributed by atoms with E-state index >= 15 is 0 Å². The molecule has 1 aliphatic carbocycles. The minimum absolute atomic E-state index is 0.121. The van der Waals surface area contributed by atoms with Crippen molar-refractivity contribution in [2.24, 2.45) is 0 Å². The van der Waals surface area contributed by atoms with Crippen LogP contribution < -0.4 is 10.1 Å². The van der Waals surface area contributed by atoms with Crippen LogP contribution in [0.1, 0.15) is 58.0 Å². The second-order valence-electron chi connectivity index (χ2n) is 12.3. The molecule has 0 aromatic carbocycles. The number of hydrogen-bond acceptors (Lipinski definition) is 7. The Morgan fingerprint density at radius 3 is 2.40 bits per heavy atom. The average molecular weight is 579 g/mol. The predicted octanol–water partition coefficient (Wildman–Crippen LogP) is 7.91. The lowest BCUT2D eigenvalue weighted by atomic mass is 9.95. The first kappa shape index (κ1) is 28.5. The van der Waals surface area contributed by atoms with Crippen LogP contribution in [0, 0.1) is 13.8 Å². The summed E-state index contributed by atoms with van der Waals surface area (Å²) in [6.07, 6.45) is 8.05. The fraction of sp³-hybridized carbons (Fsp3) is 0.467. The molecule has 0 amide bonds. The van der Waals surface area contributed by atoms with E-state index in [1.807, 2.05) is 48.8 Å². The fourth-order valence-corrected chi connectivity index (χ4v) is 6.49. The summed E-state index contributed by atoms with van der Waals surface area (Å²) in [6, 6.07) is 9.86. The molecule has 4 heterocycles. The van der Waals surface area contributed by atoms with Crippen LogP contribution in [0.25, 0.3) is 16.6 Å². The molecule has 0 spiro atoms. The highest BCUT2D eigenvalue weighted by Crippen LogP contribution is 2.40. The molecule has 0 bridgehead atoms. The molecule has 1 saturated carbocycles. The molecule has 1 aliphatic rings. The van der Waals surface area contributed by atoms with Gasteiger partial charge in [0.15, 0.2) is 14.1 Å². The van der Waals surface area contributed by atoms with Crippen LogP contribution in [-0.2, 0) is 4.43 Å². The second-order valence-corrected chi connectivity index (χ2v) is 17.4. The van der Waals surface area contributed by atoms with Gasteiger partial charge in [0.1, 0.15) is 22.5 Å². The van der Waals surface area contributed by atoms with Crippen molar-refractivity contribution in [3.8, 4) is 16.9 Å². The van der Waals surface area contributed by atoms with Gasteiger partial charge in [0, 0.05) is 35.7 Å². The Kier molecular flexibility index (Phi) is 7.91. The highest BCUT2D eigenvalue weighted by Gasteiger charge is 2.40. The van der Waals surface area contributed by atoms with Gasteiger partial charge in [0.2, 0.25) is 0 Å². The molecule has 5 rings (SSSR count). The smallest absolute Gasteiger partial charge is 0.192 e. The summed E-state index contributed by atoms with van der Waals surface area (Å²) in [5.74, 6) is 2.88. The molecule has 212 valence electrons. The molecule has 0 aliphatic heterocycles. The Labute approximate surface area is 242 Å². The summed E-state index contributed by atoms with van der Waals surface area (Å²) in [4.78, 5) is 13.1. The maximum absolute atomic E-state index is 6.68. The van der Waals surface area contributed by atoms with Crippen LogP contribution in [-0.4, -0.2) is 45.1 Å². The van der Waals surface area contributed by atoms with Crippen LogP contribution in [0.4, 0.5) is 11.6 Å². The van der Waals surface area contributed by atoms with Crippen molar-refractivity contribution in [1.82, 2.24) is 24.6 Å². The molecule has 4 aromatic rings. The van der Waals surface area contributed by atoms with Crippen molar-refractivity contribution in [2.75, 3.05) is 5.32 Å². The Hall–Kier alpha value is -3.01. The van der Waals surface area contributed by atoms with Gasteiger partial charge < -0.3 is 14.5 Å². The Morgan fingerprint density at radius 1 is 0.975 bits per heavy atom. The average Bonchev–Trinajstić information content (AvgIpc) is 3.26. The van der Waals surface area contributed by atoms with Crippen molar-refractivity contribution in [2.45, 2.75) is 90.6 Å².